The Morgan fingerprint density at radius 1 is 1.18 bits per heavy atom. The first-order valence-electron chi connectivity index (χ1n) is 9.95. The molecule has 2 aromatic rings. The Morgan fingerprint density at radius 2 is 1.89 bits per heavy atom. The van der Waals surface area contributed by atoms with Crippen LogP contribution in [0, 0.1) is 10.1 Å². The summed E-state index contributed by atoms with van der Waals surface area (Å²) >= 11 is 0. The minimum Gasteiger partial charge on any atom is -0.366 e. The fourth-order valence-electron chi connectivity index (χ4n) is 3.67. The van der Waals surface area contributed by atoms with Crippen LogP contribution in [0.25, 0.3) is 0 Å². The van der Waals surface area contributed by atoms with Crippen molar-refractivity contribution in [3.05, 3.63) is 63.7 Å². The molecule has 0 aliphatic carbocycles. The topological polar surface area (TPSA) is 75.5 Å². The molecular weight excluding hydrogens is 354 g/mol. The molecule has 1 amide bonds. The Labute approximate surface area is 165 Å². The van der Waals surface area contributed by atoms with E-state index in [1.807, 2.05) is 29.2 Å². The van der Waals surface area contributed by atoms with Crippen molar-refractivity contribution in [1.82, 2.24) is 0 Å². The standard InChI is InChI=1S/C22H27N3O3/c1-3-16(2)18-9-5-6-10-19(18)23-22(26)17-11-12-20(21(15-17)25(27)28)24-13-7-4-8-14-24/h5-6,9-12,15-16H,3-4,7-8,13-14H2,1-2H3,(H,23,26). The minimum atomic E-state index is -0.395. The lowest BCUT2D eigenvalue weighted by atomic mass is 9.96. The van der Waals surface area contributed by atoms with E-state index in [9.17, 15) is 14.9 Å². The summed E-state index contributed by atoms with van der Waals surface area (Å²) in [6.45, 7) is 5.85. The number of para-hydroxylation sites is 1. The van der Waals surface area contributed by atoms with Gasteiger partial charge in [-0.15, -0.1) is 0 Å². The van der Waals surface area contributed by atoms with Crippen LogP contribution in [0.5, 0.6) is 0 Å². The van der Waals surface area contributed by atoms with Gasteiger partial charge in [-0.05, 0) is 55.4 Å². The molecule has 2 aromatic carbocycles. The van der Waals surface area contributed by atoms with E-state index in [4.69, 9.17) is 0 Å². The molecule has 28 heavy (non-hydrogen) atoms. The predicted molar refractivity (Wildman–Crippen MR) is 112 cm³/mol. The van der Waals surface area contributed by atoms with Crippen molar-refractivity contribution in [2.75, 3.05) is 23.3 Å². The van der Waals surface area contributed by atoms with Crippen LogP contribution in [-0.4, -0.2) is 23.9 Å². The number of nitro groups is 1. The monoisotopic (exact) mass is 381 g/mol. The van der Waals surface area contributed by atoms with Crippen LogP contribution in [-0.2, 0) is 0 Å². The number of hydrogen-bond donors (Lipinski definition) is 1. The van der Waals surface area contributed by atoms with E-state index in [1.54, 1.807) is 12.1 Å². The molecule has 1 aliphatic heterocycles. The van der Waals surface area contributed by atoms with Crippen molar-refractivity contribution >= 4 is 23.0 Å². The number of amides is 1. The van der Waals surface area contributed by atoms with Crippen molar-refractivity contribution < 1.29 is 9.72 Å². The number of benzene rings is 2. The van der Waals surface area contributed by atoms with Gasteiger partial charge in [-0.2, -0.15) is 0 Å². The van der Waals surface area contributed by atoms with E-state index in [-0.39, 0.29) is 11.6 Å². The van der Waals surface area contributed by atoms with Gasteiger partial charge in [0.15, 0.2) is 0 Å². The van der Waals surface area contributed by atoms with Gasteiger partial charge in [-0.3, -0.25) is 14.9 Å². The molecule has 1 unspecified atom stereocenters. The van der Waals surface area contributed by atoms with Crippen LogP contribution in [0.2, 0.25) is 0 Å². The zero-order chi connectivity index (χ0) is 20.1. The summed E-state index contributed by atoms with van der Waals surface area (Å²) in [6, 6.07) is 12.5. The lowest BCUT2D eigenvalue weighted by Crippen LogP contribution is -2.30. The number of hydrogen-bond acceptors (Lipinski definition) is 4. The average Bonchev–Trinajstić information content (AvgIpc) is 2.73. The third kappa shape index (κ3) is 4.32. The summed E-state index contributed by atoms with van der Waals surface area (Å²) in [6.07, 6.45) is 4.18. The van der Waals surface area contributed by atoms with E-state index in [1.165, 1.54) is 6.07 Å². The first kappa shape index (κ1) is 19.9. The van der Waals surface area contributed by atoms with Crippen LogP contribution >= 0.6 is 0 Å². The average molecular weight is 381 g/mol. The summed E-state index contributed by atoms with van der Waals surface area (Å²) in [5.41, 5.74) is 2.71. The van der Waals surface area contributed by atoms with Crippen LogP contribution in [0.15, 0.2) is 42.5 Å². The second-order valence-electron chi connectivity index (χ2n) is 7.36. The van der Waals surface area contributed by atoms with Crippen molar-refractivity contribution in [3.8, 4) is 0 Å². The quantitative estimate of drug-likeness (QED) is 0.540. The second-order valence-corrected chi connectivity index (χ2v) is 7.36. The van der Waals surface area contributed by atoms with Gasteiger partial charge in [-0.25, -0.2) is 0 Å². The van der Waals surface area contributed by atoms with Crippen LogP contribution in [0.1, 0.15) is 61.4 Å². The molecule has 0 aromatic heterocycles. The molecule has 1 aliphatic rings. The smallest absolute Gasteiger partial charge is 0.293 e. The maximum atomic E-state index is 12.8. The summed E-state index contributed by atoms with van der Waals surface area (Å²) < 4.78 is 0. The van der Waals surface area contributed by atoms with Crippen LogP contribution in [0.4, 0.5) is 17.1 Å². The van der Waals surface area contributed by atoms with E-state index in [2.05, 4.69) is 19.2 Å². The molecular formula is C22H27N3O3. The van der Waals surface area contributed by atoms with E-state index >= 15 is 0 Å². The molecule has 148 valence electrons. The van der Waals surface area contributed by atoms with Gasteiger partial charge in [-0.1, -0.05) is 32.0 Å². The third-order valence-corrected chi connectivity index (χ3v) is 5.48. The van der Waals surface area contributed by atoms with Gasteiger partial charge in [0.05, 0.1) is 4.92 Å². The number of nitro benzene ring substituents is 1. The highest BCUT2D eigenvalue weighted by molar-refractivity contribution is 6.05. The summed E-state index contributed by atoms with van der Waals surface area (Å²) in [5.74, 6) is -0.0173. The normalized spacial score (nSPS) is 15.1. The number of carbonyl (C=O) groups excluding carboxylic acids is 1. The highest BCUT2D eigenvalue weighted by Crippen LogP contribution is 2.32. The van der Waals surface area contributed by atoms with Crippen LogP contribution < -0.4 is 10.2 Å². The number of rotatable bonds is 6. The Kier molecular flexibility index (Phi) is 6.29. The molecule has 1 fully saturated rings. The highest BCUT2D eigenvalue weighted by atomic mass is 16.6. The zero-order valence-corrected chi connectivity index (χ0v) is 16.5. The molecule has 0 spiro atoms. The molecule has 3 rings (SSSR count). The molecule has 0 radical (unpaired) electrons. The molecule has 1 saturated heterocycles. The Morgan fingerprint density at radius 3 is 2.57 bits per heavy atom. The molecule has 1 N–H and O–H groups in total. The highest BCUT2D eigenvalue weighted by Gasteiger charge is 2.23. The SMILES string of the molecule is CCC(C)c1ccccc1NC(=O)c1ccc(N2CCCCC2)c([N+](=O)[O-])c1. The minimum absolute atomic E-state index is 0.00948. The lowest BCUT2D eigenvalue weighted by Gasteiger charge is -2.28. The maximum absolute atomic E-state index is 12.8. The van der Waals surface area contributed by atoms with E-state index < -0.39 is 4.92 Å². The fraction of sp³-hybridized carbons (Fsp3) is 0.409. The lowest BCUT2D eigenvalue weighted by molar-refractivity contribution is -0.384. The van der Waals surface area contributed by atoms with Crippen molar-refractivity contribution in [3.63, 3.8) is 0 Å². The van der Waals surface area contributed by atoms with Crippen molar-refractivity contribution in [2.45, 2.75) is 45.4 Å². The summed E-state index contributed by atoms with van der Waals surface area (Å²) in [7, 11) is 0. The summed E-state index contributed by atoms with van der Waals surface area (Å²) in [4.78, 5) is 26.1. The van der Waals surface area contributed by atoms with Gasteiger partial charge in [0.1, 0.15) is 5.69 Å². The third-order valence-electron chi connectivity index (χ3n) is 5.48. The second kappa shape index (κ2) is 8.87. The number of nitrogens with zero attached hydrogens (tertiary/aromatic N) is 2. The number of piperidine rings is 1. The molecule has 1 atom stereocenters. The van der Waals surface area contributed by atoms with Gasteiger partial charge in [0.2, 0.25) is 0 Å². The molecule has 6 heteroatoms. The number of nitrogens with one attached hydrogen (secondary N) is 1. The summed E-state index contributed by atoms with van der Waals surface area (Å²) in [5, 5.41) is 14.6. The fourth-order valence-corrected chi connectivity index (χ4v) is 3.67. The van der Waals surface area contributed by atoms with Crippen molar-refractivity contribution in [2.24, 2.45) is 0 Å². The van der Waals surface area contributed by atoms with Gasteiger partial charge in [0.25, 0.3) is 11.6 Å². The van der Waals surface area contributed by atoms with Gasteiger partial charge >= 0.3 is 0 Å². The Balaban J connectivity index is 1.87. The largest absolute Gasteiger partial charge is 0.366 e. The first-order valence-corrected chi connectivity index (χ1v) is 9.95. The number of anilines is 2. The van der Waals surface area contributed by atoms with Crippen molar-refractivity contribution in [1.29, 1.82) is 0 Å². The zero-order valence-electron chi connectivity index (χ0n) is 16.5. The van der Waals surface area contributed by atoms with E-state index in [0.717, 1.165) is 50.0 Å². The van der Waals surface area contributed by atoms with E-state index in [0.29, 0.717) is 17.2 Å². The Hall–Kier alpha value is -2.89. The molecule has 0 saturated carbocycles. The predicted octanol–water partition coefficient (Wildman–Crippen LogP) is 5.35. The van der Waals surface area contributed by atoms with Gasteiger partial charge in [0, 0.05) is 30.4 Å². The first-order chi connectivity index (χ1) is 13.5. The van der Waals surface area contributed by atoms with Gasteiger partial charge < -0.3 is 10.2 Å². The number of carbonyl (C=O) groups is 1. The molecule has 0 bridgehead atoms. The maximum Gasteiger partial charge on any atom is 0.293 e. The Bertz CT molecular complexity index is 860. The molecule has 1 heterocycles. The van der Waals surface area contributed by atoms with Crippen LogP contribution in [0.3, 0.4) is 0 Å². The molecule has 6 nitrogen and oxygen atoms in total.